The minimum atomic E-state index is -1.21. The van der Waals surface area contributed by atoms with Gasteiger partial charge >= 0.3 is 5.97 Å². The van der Waals surface area contributed by atoms with Crippen molar-refractivity contribution in [1.29, 1.82) is 0 Å². The van der Waals surface area contributed by atoms with Crippen LogP contribution in [0.3, 0.4) is 0 Å². The van der Waals surface area contributed by atoms with Gasteiger partial charge in [-0.1, -0.05) is 35.4 Å². The molecule has 0 saturated heterocycles. The van der Waals surface area contributed by atoms with E-state index in [1.165, 1.54) is 6.07 Å². The second-order valence-corrected chi connectivity index (χ2v) is 4.76. The van der Waals surface area contributed by atoms with E-state index >= 15 is 0 Å². The van der Waals surface area contributed by atoms with Gasteiger partial charge in [0.25, 0.3) is 0 Å². The van der Waals surface area contributed by atoms with Gasteiger partial charge in [0.2, 0.25) is 5.82 Å². The van der Waals surface area contributed by atoms with E-state index in [4.69, 9.17) is 10.3 Å². The number of hydrogen-bond donors (Lipinski definition) is 0. The van der Waals surface area contributed by atoms with Gasteiger partial charge in [-0.25, -0.2) is 9.18 Å². The van der Waals surface area contributed by atoms with Gasteiger partial charge in [-0.05, 0) is 29.3 Å². The number of azide groups is 1. The van der Waals surface area contributed by atoms with E-state index in [0.29, 0.717) is 0 Å². The fraction of sp³-hybridized carbons (Fsp3) is 0.118. The van der Waals surface area contributed by atoms with Gasteiger partial charge < -0.3 is 9.47 Å². The maximum Gasteiger partial charge on any atom is 0.340 e. The molecule has 0 amide bonds. The average molecular weight is 345 g/mol. The van der Waals surface area contributed by atoms with Gasteiger partial charge in [-0.3, -0.25) is 0 Å². The lowest BCUT2D eigenvalue weighted by Crippen LogP contribution is -2.04. The van der Waals surface area contributed by atoms with Gasteiger partial charge in [0.1, 0.15) is 12.3 Å². The van der Waals surface area contributed by atoms with Crippen LogP contribution in [-0.2, 0) is 16.1 Å². The summed E-state index contributed by atoms with van der Waals surface area (Å²) in [5.41, 5.74) is 8.88. The van der Waals surface area contributed by atoms with E-state index in [1.807, 2.05) is 6.07 Å². The third-order valence-electron chi connectivity index (χ3n) is 3.15. The van der Waals surface area contributed by atoms with Crippen molar-refractivity contribution in [3.8, 4) is 5.75 Å². The van der Waals surface area contributed by atoms with Crippen LogP contribution < -0.4 is 4.74 Å². The monoisotopic (exact) mass is 345 g/mol. The van der Waals surface area contributed by atoms with Crippen LogP contribution >= 0.6 is 0 Å². The molecule has 2 aromatic rings. The summed E-state index contributed by atoms with van der Waals surface area (Å²) in [5.74, 6) is -3.65. The van der Waals surface area contributed by atoms with Crippen molar-refractivity contribution in [1.82, 2.24) is 0 Å². The molecule has 25 heavy (non-hydrogen) atoms. The highest BCUT2D eigenvalue weighted by molar-refractivity contribution is 5.93. The summed E-state index contributed by atoms with van der Waals surface area (Å²) >= 11 is 0. The number of carbonyl (C=O) groups excluding carboxylic acids is 1. The molecule has 0 fully saturated rings. The van der Waals surface area contributed by atoms with Gasteiger partial charge in [0.05, 0.1) is 7.11 Å². The summed E-state index contributed by atoms with van der Waals surface area (Å²) in [6, 6.07) is 11.0. The van der Waals surface area contributed by atoms with Crippen molar-refractivity contribution in [3.63, 3.8) is 0 Å². The van der Waals surface area contributed by atoms with Crippen molar-refractivity contribution in [2.75, 3.05) is 7.11 Å². The molecule has 0 heterocycles. The molecule has 0 atom stereocenters. The van der Waals surface area contributed by atoms with Crippen molar-refractivity contribution in [2.45, 2.75) is 6.61 Å². The Morgan fingerprint density at radius 2 is 1.96 bits per heavy atom. The lowest BCUT2D eigenvalue weighted by atomic mass is 10.1. The molecule has 128 valence electrons. The van der Waals surface area contributed by atoms with Crippen LogP contribution in [0.1, 0.15) is 11.1 Å². The number of rotatable bonds is 6. The maximum absolute atomic E-state index is 14.1. The molecule has 8 heteroatoms. The number of methoxy groups -OCH3 is 1. The van der Waals surface area contributed by atoms with E-state index in [2.05, 4.69) is 14.8 Å². The van der Waals surface area contributed by atoms with Crippen molar-refractivity contribution >= 4 is 12.0 Å². The Hall–Kier alpha value is -3.38. The smallest absolute Gasteiger partial charge is 0.340 e. The van der Waals surface area contributed by atoms with E-state index in [-0.39, 0.29) is 12.2 Å². The van der Waals surface area contributed by atoms with Crippen LogP contribution in [0.5, 0.6) is 5.75 Å². The molecule has 2 rings (SSSR count). The summed E-state index contributed by atoms with van der Waals surface area (Å²) < 4.78 is 37.5. The summed E-state index contributed by atoms with van der Waals surface area (Å²) in [4.78, 5) is 14.1. The third-order valence-corrected chi connectivity index (χ3v) is 3.15. The topological polar surface area (TPSA) is 84.3 Å². The van der Waals surface area contributed by atoms with Crippen molar-refractivity contribution in [3.05, 3.63) is 81.4 Å². The molecule has 0 N–H and O–H groups in total. The molecule has 0 bridgehead atoms. The minimum absolute atomic E-state index is 0.0167. The largest absolute Gasteiger partial charge is 0.485 e. The molecule has 0 aliphatic heterocycles. The standard InChI is InChI=1S/C17H13F2N3O3/c1-24-17(23)14(21-22-20)9-12-7-8-13(18)15(19)16(12)25-10-11-5-3-2-4-6-11/h2-9H,10H2,1H3/b14-9-. The van der Waals surface area contributed by atoms with Gasteiger partial charge in [-0.2, -0.15) is 4.39 Å². The zero-order valence-electron chi connectivity index (χ0n) is 13.1. The number of benzene rings is 2. The fourth-order valence-electron chi connectivity index (χ4n) is 1.97. The molecule has 2 aromatic carbocycles. The van der Waals surface area contributed by atoms with E-state index in [0.717, 1.165) is 24.8 Å². The molecule has 0 aromatic heterocycles. The van der Waals surface area contributed by atoms with Gasteiger partial charge in [-0.15, -0.1) is 0 Å². The molecule has 0 unspecified atom stereocenters. The Balaban J connectivity index is 2.42. The molecular formula is C17H13F2N3O3. The first kappa shape index (κ1) is 18.0. The van der Waals surface area contributed by atoms with Gasteiger partial charge in [0, 0.05) is 10.5 Å². The van der Waals surface area contributed by atoms with Crippen molar-refractivity contribution in [2.24, 2.45) is 5.11 Å². The normalized spacial score (nSPS) is 10.8. The quantitative estimate of drug-likeness (QED) is 0.256. The number of esters is 1. The third kappa shape index (κ3) is 4.55. The second kappa shape index (κ2) is 8.47. The zero-order valence-corrected chi connectivity index (χ0v) is 13.1. The Morgan fingerprint density at radius 3 is 2.60 bits per heavy atom. The molecule has 0 aliphatic carbocycles. The Labute approximate surface area is 141 Å². The van der Waals surface area contributed by atoms with E-state index < -0.39 is 29.1 Å². The highest BCUT2D eigenvalue weighted by Gasteiger charge is 2.16. The number of ether oxygens (including phenoxy) is 2. The molecule has 0 spiro atoms. The Kier molecular flexibility index (Phi) is 6.08. The average Bonchev–Trinajstić information content (AvgIpc) is 2.64. The van der Waals surface area contributed by atoms with Crippen LogP contribution in [0.15, 0.2) is 53.3 Å². The Bertz CT molecular complexity index is 848. The number of nitrogens with zero attached hydrogens (tertiary/aromatic N) is 3. The Morgan fingerprint density at radius 1 is 1.24 bits per heavy atom. The summed E-state index contributed by atoms with van der Waals surface area (Å²) in [6.07, 6.45) is 1.06. The first-order valence-corrected chi connectivity index (χ1v) is 7.06. The SMILES string of the molecule is COC(=O)/C(=C/c1ccc(F)c(F)c1OCc1ccccc1)N=[N+]=[N-]. The predicted octanol–water partition coefficient (Wildman–Crippen LogP) is 4.37. The second-order valence-electron chi connectivity index (χ2n) is 4.76. The number of halogens is 2. The lowest BCUT2D eigenvalue weighted by molar-refractivity contribution is -0.136. The van der Waals surface area contributed by atoms with Crippen LogP contribution in [0, 0.1) is 11.6 Å². The van der Waals surface area contributed by atoms with E-state index in [9.17, 15) is 13.6 Å². The summed E-state index contributed by atoms with van der Waals surface area (Å²) in [5, 5.41) is 3.20. The van der Waals surface area contributed by atoms with Crippen LogP contribution in [-0.4, -0.2) is 13.1 Å². The molecule has 0 aliphatic rings. The predicted molar refractivity (Wildman–Crippen MR) is 86.3 cm³/mol. The lowest BCUT2D eigenvalue weighted by Gasteiger charge is -2.11. The van der Waals surface area contributed by atoms with Crippen molar-refractivity contribution < 1.29 is 23.0 Å². The van der Waals surface area contributed by atoms with Crippen LogP contribution in [0.2, 0.25) is 0 Å². The highest BCUT2D eigenvalue weighted by atomic mass is 19.2. The minimum Gasteiger partial charge on any atom is -0.485 e. The van der Waals surface area contributed by atoms with Gasteiger partial charge in [0.15, 0.2) is 11.6 Å². The zero-order chi connectivity index (χ0) is 18.2. The molecule has 0 saturated carbocycles. The number of carbonyl (C=O) groups is 1. The first-order valence-electron chi connectivity index (χ1n) is 7.06. The molecular weight excluding hydrogens is 332 g/mol. The number of hydrogen-bond acceptors (Lipinski definition) is 4. The summed E-state index contributed by atoms with van der Waals surface area (Å²) in [6.45, 7) is -0.0167. The molecule has 0 radical (unpaired) electrons. The summed E-state index contributed by atoms with van der Waals surface area (Å²) in [7, 11) is 1.10. The molecule has 6 nitrogen and oxygen atoms in total. The van der Waals surface area contributed by atoms with E-state index in [1.54, 1.807) is 24.3 Å². The first-order chi connectivity index (χ1) is 12.1. The van der Waals surface area contributed by atoms with Crippen LogP contribution in [0.25, 0.3) is 16.5 Å². The fourth-order valence-corrected chi connectivity index (χ4v) is 1.97. The maximum atomic E-state index is 14.1. The highest BCUT2D eigenvalue weighted by Crippen LogP contribution is 2.28. The van der Waals surface area contributed by atoms with Crippen LogP contribution in [0.4, 0.5) is 8.78 Å².